The van der Waals surface area contributed by atoms with Gasteiger partial charge in [0.05, 0.1) is 17.3 Å². The summed E-state index contributed by atoms with van der Waals surface area (Å²) < 4.78 is 29.3. The predicted octanol–water partition coefficient (Wildman–Crippen LogP) is 5.20. The summed E-state index contributed by atoms with van der Waals surface area (Å²) in [5, 5.41) is 11.6. The van der Waals surface area contributed by atoms with Gasteiger partial charge >= 0.3 is 0 Å². The van der Waals surface area contributed by atoms with Crippen molar-refractivity contribution in [3.05, 3.63) is 63.0 Å². The van der Waals surface area contributed by atoms with Gasteiger partial charge in [0.25, 0.3) is 6.43 Å². The zero-order valence-electron chi connectivity index (χ0n) is 16.1. The van der Waals surface area contributed by atoms with Crippen molar-refractivity contribution in [1.82, 2.24) is 19.6 Å². The summed E-state index contributed by atoms with van der Waals surface area (Å²) >= 11 is 12.1. The Bertz CT molecular complexity index is 1090. The third-order valence-electron chi connectivity index (χ3n) is 4.89. The second-order valence-electron chi connectivity index (χ2n) is 7.32. The number of aryl methyl sites for hydroxylation is 1. The molecule has 1 N–H and O–H groups in total. The lowest BCUT2D eigenvalue weighted by molar-refractivity contribution is -0.117. The molecule has 1 aliphatic rings. The van der Waals surface area contributed by atoms with E-state index in [0.717, 1.165) is 24.1 Å². The number of amides is 1. The molecule has 1 amide bonds. The highest BCUT2D eigenvalue weighted by Crippen LogP contribution is 2.45. The Labute approximate surface area is 181 Å². The molecule has 6 nitrogen and oxygen atoms in total. The van der Waals surface area contributed by atoms with Crippen LogP contribution in [0.15, 0.2) is 30.3 Å². The molecule has 30 heavy (non-hydrogen) atoms. The van der Waals surface area contributed by atoms with Gasteiger partial charge in [-0.15, -0.1) is 0 Å². The summed E-state index contributed by atoms with van der Waals surface area (Å²) in [5.74, 6) is 0.0357. The number of anilines is 1. The van der Waals surface area contributed by atoms with Gasteiger partial charge in [-0.05, 0) is 37.5 Å². The third kappa shape index (κ3) is 4.49. The van der Waals surface area contributed by atoms with E-state index < -0.39 is 18.0 Å². The molecular formula is C20H19Cl2F2N5O. The van der Waals surface area contributed by atoms with Gasteiger partial charge in [0.15, 0.2) is 5.82 Å². The molecule has 3 aromatic rings. The van der Waals surface area contributed by atoms with E-state index in [-0.39, 0.29) is 17.5 Å². The zero-order valence-corrected chi connectivity index (χ0v) is 17.6. The number of hydrogen-bond acceptors (Lipinski definition) is 3. The fourth-order valence-electron chi connectivity index (χ4n) is 3.34. The van der Waals surface area contributed by atoms with Crippen LogP contribution in [0.1, 0.15) is 47.8 Å². The predicted molar refractivity (Wildman–Crippen MR) is 110 cm³/mol. The lowest BCUT2D eigenvalue weighted by atomic mass is 10.2. The van der Waals surface area contributed by atoms with E-state index in [4.69, 9.17) is 23.2 Å². The Morgan fingerprint density at radius 3 is 2.67 bits per heavy atom. The highest BCUT2D eigenvalue weighted by atomic mass is 35.5. The van der Waals surface area contributed by atoms with Crippen molar-refractivity contribution in [3.8, 4) is 0 Å². The number of carbonyl (C=O) groups is 1. The maximum Gasteiger partial charge on any atom is 0.283 e. The molecule has 0 aliphatic heterocycles. The number of rotatable bonds is 7. The van der Waals surface area contributed by atoms with Crippen molar-refractivity contribution in [2.45, 2.75) is 45.2 Å². The Morgan fingerprint density at radius 1 is 1.23 bits per heavy atom. The number of halogens is 4. The monoisotopic (exact) mass is 453 g/mol. The highest BCUT2D eigenvalue weighted by Gasteiger charge is 2.34. The van der Waals surface area contributed by atoms with Crippen molar-refractivity contribution in [2.24, 2.45) is 0 Å². The van der Waals surface area contributed by atoms with Gasteiger partial charge in [-0.1, -0.05) is 35.3 Å². The lowest BCUT2D eigenvalue weighted by Gasteiger charge is -2.07. The Kier molecular flexibility index (Phi) is 5.79. The normalized spacial score (nSPS) is 13.8. The second-order valence-corrected chi connectivity index (χ2v) is 8.14. The molecule has 2 heterocycles. The fraction of sp³-hybridized carbons (Fsp3) is 0.350. The Morgan fingerprint density at radius 2 is 2.00 bits per heavy atom. The van der Waals surface area contributed by atoms with Crippen LogP contribution in [0.4, 0.5) is 14.6 Å². The first kappa shape index (κ1) is 20.8. The summed E-state index contributed by atoms with van der Waals surface area (Å²) in [5.41, 5.74) is 1.86. The summed E-state index contributed by atoms with van der Waals surface area (Å²) in [4.78, 5) is 12.5. The van der Waals surface area contributed by atoms with Gasteiger partial charge in [-0.25, -0.2) is 8.78 Å². The smallest absolute Gasteiger partial charge is 0.283 e. The van der Waals surface area contributed by atoms with Crippen LogP contribution in [0, 0.1) is 6.92 Å². The molecule has 1 saturated carbocycles. The summed E-state index contributed by atoms with van der Waals surface area (Å²) in [6.07, 6.45) is -1.09. The molecule has 1 fully saturated rings. The topological polar surface area (TPSA) is 64.7 Å². The van der Waals surface area contributed by atoms with Gasteiger partial charge in [0.2, 0.25) is 5.91 Å². The molecule has 0 bridgehead atoms. The molecule has 4 rings (SSSR count). The molecule has 0 spiro atoms. The second kappa shape index (κ2) is 8.35. The van der Waals surface area contributed by atoms with Crippen LogP contribution in [-0.4, -0.2) is 25.5 Å². The van der Waals surface area contributed by atoms with Crippen molar-refractivity contribution < 1.29 is 13.6 Å². The number of aromatic nitrogens is 4. The van der Waals surface area contributed by atoms with Crippen LogP contribution in [0.5, 0.6) is 0 Å². The molecule has 0 radical (unpaired) electrons. The maximum atomic E-state index is 13.2. The van der Waals surface area contributed by atoms with Crippen LogP contribution in [0.25, 0.3) is 0 Å². The zero-order chi connectivity index (χ0) is 21.4. The minimum absolute atomic E-state index is 0.0399. The highest BCUT2D eigenvalue weighted by molar-refractivity contribution is 6.32. The fourth-order valence-corrected chi connectivity index (χ4v) is 3.92. The summed E-state index contributed by atoms with van der Waals surface area (Å²) in [7, 11) is 0. The molecule has 0 unspecified atom stereocenters. The quantitative estimate of drug-likeness (QED) is 0.534. The molecular weight excluding hydrogens is 435 g/mol. The molecule has 10 heteroatoms. The largest absolute Gasteiger partial charge is 0.308 e. The number of nitrogens with zero attached hydrogens (tertiary/aromatic N) is 4. The average molecular weight is 454 g/mol. The molecule has 1 aromatic carbocycles. The first-order valence-electron chi connectivity index (χ1n) is 9.45. The number of benzene rings is 1. The van der Waals surface area contributed by atoms with Crippen LogP contribution < -0.4 is 5.32 Å². The van der Waals surface area contributed by atoms with Crippen molar-refractivity contribution in [3.63, 3.8) is 0 Å². The van der Waals surface area contributed by atoms with E-state index in [1.807, 2.05) is 25.1 Å². The SMILES string of the molecule is Cc1cc(NC(=O)Cn2nc(C(F)F)c(Cl)c2C2CC2)nn1Cc1cccc(Cl)c1. The first-order valence-corrected chi connectivity index (χ1v) is 10.2. The number of carbonyl (C=O) groups excluding carboxylic acids is 1. The summed E-state index contributed by atoms with van der Waals surface area (Å²) in [6.45, 7) is 2.17. The minimum Gasteiger partial charge on any atom is -0.308 e. The first-order chi connectivity index (χ1) is 14.3. The molecule has 1 aliphatic carbocycles. The van der Waals surface area contributed by atoms with Crippen LogP contribution >= 0.6 is 23.2 Å². The Hall–Kier alpha value is -2.45. The van der Waals surface area contributed by atoms with Gasteiger partial charge in [0, 0.05) is 22.7 Å². The van der Waals surface area contributed by atoms with E-state index in [0.29, 0.717) is 23.1 Å². The van der Waals surface area contributed by atoms with Crippen molar-refractivity contribution in [2.75, 3.05) is 5.32 Å². The third-order valence-corrected chi connectivity index (χ3v) is 5.51. The van der Waals surface area contributed by atoms with E-state index in [9.17, 15) is 13.6 Å². The number of alkyl halides is 2. The van der Waals surface area contributed by atoms with Gasteiger partial charge in [0.1, 0.15) is 12.2 Å². The van der Waals surface area contributed by atoms with E-state index in [1.54, 1.807) is 16.8 Å². The standard InChI is InChI=1S/C20H19Cl2F2N5O/c1-11-7-15(26-28(11)9-12-3-2-4-14(21)8-12)25-16(30)10-29-19(13-5-6-13)17(22)18(27-29)20(23)24/h2-4,7-8,13,20H,5-6,9-10H2,1H3,(H,25,26,30). The van der Waals surface area contributed by atoms with E-state index in [2.05, 4.69) is 15.5 Å². The maximum absolute atomic E-state index is 13.2. The average Bonchev–Trinajstić information content (AvgIpc) is 3.37. The molecule has 0 saturated heterocycles. The summed E-state index contributed by atoms with van der Waals surface area (Å²) in [6, 6.07) is 9.18. The molecule has 0 atom stereocenters. The van der Waals surface area contributed by atoms with E-state index in [1.165, 1.54) is 4.68 Å². The van der Waals surface area contributed by atoms with Crippen LogP contribution in [0.3, 0.4) is 0 Å². The van der Waals surface area contributed by atoms with E-state index >= 15 is 0 Å². The molecule has 2 aromatic heterocycles. The number of hydrogen-bond donors (Lipinski definition) is 1. The Balaban J connectivity index is 1.47. The van der Waals surface area contributed by atoms with Gasteiger partial charge in [-0.3, -0.25) is 14.2 Å². The van der Waals surface area contributed by atoms with Crippen LogP contribution in [0.2, 0.25) is 10.0 Å². The lowest BCUT2D eigenvalue weighted by Crippen LogP contribution is -2.21. The van der Waals surface area contributed by atoms with Crippen LogP contribution in [-0.2, 0) is 17.9 Å². The van der Waals surface area contributed by atoms with Gasteiger partial charge < -0.3 is 5.32 Å². The molecule has 158 valence electrons. The van der Waals surface area contributed by atoms with Crippen molar-refractivity contribution in [1.29, 1.82) is 0 Å². The van der Waals surface area contributed by atoms with Gasteiger partial charge in [-0.2, -0.15) is 10.2 Å². The number of nitrogens with one attached hydrogen (secondary N) is 1. The van der Waals surface area contributed by atoms with Crippen molar-refractivity contribution >= 4 is 34.9 Å². The minimum atomic E-state index is -2.79.